The zero-order valence-corrected chi connectivity index (χ0v) is 9.06. The third-order valence-corrected chi connectivity index (χ3v) is 5.09. The lowest BCUT2D eigenvalue weighted by atomic mass is 10.0. The molecule has 0 saturated heterocycles. The number of hydrogen-bond donors (Lipinski definition) is 1. The first kappa shape index (κ1) is 9.85. The Morgan fingerprint density at radius 2 is 1.62 bits per heavy atom. The van der Waals surface area contributed by atoms with E-state index in [0.717, 1.165) is 11.7 Å². The smallest absolute Gasteiger partial charge is 0.0658 e. The molecule has 2 heteroatoms. The average Bonchev–Trinajstić information content (AvgIpc) is 2.54. The average molecular weight is 200 g/mol. The molecule has 2 fully saturated rings. The molecule has 76 valence electrons. The molecule has 2 aliphatic carbocycles. The van der Waals surface area contributed by atoms with E-state index in [4.69, 9.17) is 0 Å². The zero-order valence-electron chi connectivity index (χ0n) is 8.24. The largest absolute Gasteiger partial charge is 0.392 e. The molecule has 0 aromatic carbocycles. The van der Waals surface area contributed by atoms with Crippen LogP contribution >= 0.6 is 11.8 Å². The van der Waals surface area contributed by atoms with E-state index in [1.54, 1.807) is 0 Å². The summed E-state index contributed by atoms with van der Waals surface area (Å²) >= 11 is 2.09. The fourth-order valence-electron chi connectivity index (χ4n) is 2.51. The Kier molecular flexibility index (Phi) is 3.56. The van der Waals surface area contributed by atoms with E-state index >= 15 is 0 Å². The van der Waals surface area contributed by atoms with E-state index in [-0.39, 0.29) is 6.10 Å². The fourth-order valence-corrected chi connectivity index (χ4v) is 4.23. The molecule has 1 nitrogen and oxygen atoms in total. The highest BCUT2D eigenvalue weighted by Gasteiger charge is 2.28. The lowest BCUT2D eigenvalue weighted by Gasteiger charge is -2.25. The van der Waals surface area contributed by atoms with Crippen molar-refractivity contribution >= 4 is 11.8 Å². The van der Waals surface area contributed by atoms with Crippen LogP contribution in [0.2, 0.25) is 0 Å². The van der Waals surface area contributed by atoms with Crippen molar-refractivity contribution in [3.05, 3.63) is 0 Å². The maximum absolute atomic E-state index is 9.70. The molecule has 0 aromatic rings. The predicted molar refractivity (Wildman–Crippen MR) is 58.1 cm³/mol. The van der Waals surface area contributed by atoms with Gasteiger partial charge in [0.15, 0.2) is 0 Å². The summed E-state index contributed by atoms with van der Waals surface area (Å²) in [7, 11) is 0. The second-order valence-electron chi connectivity index (χ2n) is 4.43. The van der Waals surface area contributed by atoms with Crippen LogP contribution < -0.4 is 0 Å². The first-order chi connectivity index (χ1) is 6.36. The quantitative estimate of drug-likeness (QED) is 0.739. The highest BCUT2D eigenvalue weighted by molar-refractivity contribution is 8.00. The number of thioether (sulfide) groups is 1. The molecule has 13 heavy (non-hydrogen) atoms. The highest BCUT2D eigenvalue weighted by atomic mass is 32.2. The van der Waals surface area contributed by atoms with Gasteiger partial charge in [-0.15, -0.1) is 0 Å². The Morgan fingerprint density at radius 3 is 2.23 bits per heavy atom. The molecule has 0 unspecified atom stereocenters. The molecule has 0 aliphatic heterocycles. The SMILES string of the molecule is O[C@@H]1CCC[C@H]1SC1CCCCC1. The molecule has 2 atom stereocenters. The normalized spacial score (nSPS) is 36.7. The van der Waals surface area contributed by atoms with E-state index in [9.17, 15) is 5.11 Å². The summed E-state index contributed by atoms with van der Waals surface area (Å²) in [6, 6.07) is 0. The van der Waals surface area contributed by atoms with Crippen LogP contribution in [0.1, 0.15) is 51.4 Å². The molecule has 2 rings (SSSR count). The maximum Gasteiger partial charge on any atom is 0.0658 e. The van der Waals surface area contributed by atoms with Gasteiger partial charge in [-0.1, -0.05) is 19.3 Å². The van der Waals surface area contributed by atoms with Crippen LogP contribution in [0, 0.1) is 0 Å². The Morgan fingerprint density at radius 1 is 0.846 bits per heavy atom. The summed E-state index contributed by atoms with van der Waals surface area (Å²) in [6.07, 6.45) is 10.6. The molecule has 1 N–H and O–H groups in total. The molecule has 0 spiro atoms. The Hall–Kier alpha value is 0.310. The minimum Gasteiger partial charge on any atom is -0.392 e. The predicted octanol–water partition coefficient (Wildman–Crippen LogP) is 2.97. The standard InChI is InChI=1S/C11H20OS/c12-10-7-4-8-11(10)13-9-5-2-1-3-6-9/h9-12H,1-8H2/t10-,11-/m1/s1. The second kappa shape index (κ2) is 4.70. The second-order valence-corrected chi connectivity index (χ2v) is 5.98. The molecule has 0 bridgehead atoms. The summed E-state index contributed by atoms with van der Waals surface area (Å²) in [6.45, 7) is 0. The van der Waals surface area contributed by atoms with E-state index < -0.39 is 0 Å². The summed E-state index contributed by atoms with van der Waals surface area (Å²) in [5.74, 6) is 0. The van der Waals surface area contributed by atoms with Crippen molar-refractivity contribution in [3.8, 4) is 0 Å². The van der Waals surface area contributed by atoms with Gasteiger partial charge in [0.2, 0.25) is 0 Å². The summed E-state index contributed by atoms with van der Waals surface area (Å²) in [5, 5.41) is 11.1. The molecule has 0 radical (unpaired) electrons. The fraction of sp³-hybridized carbons (Fsp3) is 1.00. The van der Waals surface area contributed by atoms with Crippen LogP contribution in [-0.2, 0) is 0 Å². The number of aliphatic hydroxyl groups excluding tert-OH is 1. The van der Waals surface area contributed by atoms with Crippen LogP contribution in [0.25, 0.3) is 0 Å². The van der Waals surface area contributed by atoms with Crippen molar-refractivity contribution in [2.75, 3.05) is 0 Å². The molecule has 2 saturated carbocycles. The molecule has 0 amide bonds. The van der Waals surface area contributed by atoms with Crippen molar-refractivity contribution in [3.63, 3.8) is 0 Å². The molecule has 0 heterocycles. The Bertz CT molecular complexity index is 154. The van der Waals surface area contributed by atoms with Gasteiger partial charge in [-0.3, -0.25) is 0 Å². The topological polar surface area (TPSA) is 20.2 Å². The number of rotatable bonds is 2. The Labute approximate surface area is 85.3 Å². The van der Waals surface area contributed by atoms with Crippen LogP contribution in [0.3, 0.4) is 0 Å². The van der Waals surface area contributed by atoms with Crippen LogP contribution in [-0.4, -0.2) is 21.7 Å². The first-order valence-electron chi connectivity index (χ1n) is 5.70. The third-order valence-electron chi connectivity index (χ3n) is 3.34. The summed E-state index contributed by atoms with van der Waals surface area (Å²) in [5.41, 5.74) is 0. The third kappa shape index (κ3) is 2.63. The van der Waals surface area contributed by atoms with Crippen LogP contribution in [0.5, 0.6) is 0 Å². The van der Waals surface area contributed by atoms with Gasteiger partial charge < -0.3 is 5.11 Å². The zero-order chi connectivity index (χ0) is 9.10. The summed E-state index contributed by atoms with van der Waals surface area (Å²) < 4.78 is 0. The van der Waals surface area contributed by atoms with Gasteiger partial charge in [0.25, 0.3) is 0 Å². The first-order valence-corrected chi connectivity index (χ1v) is 6.64. The van der Waals surface area contributed by atoms with E-state index in [2.05, 4.69) is 11.8 Å². The van der Waals surface area contributed by atoms with Crippen molar-refractivity contribution in [2.24, 2.45) is 0 Å². The lowest BCUT2D eigenvalue weighted by molar-refractivity contribution is 0.187. The lowest BCUT2D eigenvalue weighted by Crippen LogP contribution is -2.20. The van der Waals surface area contributed by atoms with Crippen molar-refractivity contribution in [1.82, 2.24) is 0 Å². The van der Waals surface area contributed by atoms with Gasteiger partial charge in [-0.25, -0.2) is 0 Å². The van der Waals surface area contributed by atoms with Gasteiger partial charge in [0, 0.05) is 10.5 Å². The minimum atomic E-state index is 0.00641. The van der Waals surface area contributed by atoms with Crippen LogP contribution in [0.15, 0.2) is 0 Å². The van der Waals surface area contributed by atoms with E-state index in [1.165, 1.54) is 44.9 Å². The van der Waals surface area contributed by atoms with Crippen molar-refractivity contribution < 1.29 is 5.11 Å². The van der Waals surface area contributed by atoms with Crippen molar-refractivity contribution in [1.29, 1.82) is 0 Å². The van der Waals surface area contributed by atoms with Crippen molar-refractivity contribution in [2.45, 2.75) is 68.0 Å². The highest BCUT2D eigenvalue weighted by Crippen LogP contribution is 2.37. The van der Waals surface area contributed by atoms with Gasteiger partial charge >= 0.3 is 0 Å². The van der Waals surface area contributed by atoms with Gasteiger partial charge in [0.05, 0.1) is 6.10 Å². The van der Waals surface area contributed by atoms with E-state index in [0.29, 0.717) is 5.25 Å². The molecular weight excluding hydrogens is 180 g/mol. The maximum atomic E-state index is 9.70. The molecule has 0 aromatic heterocycles. The minimum absolute atomic E-state index is 0.00641. The van der Waals surface area contributed by atoms with Crippen LogP contribution in [0.4, 0.5) is 0 Å². The number of aliphatic hydroxyl groups is 1. The summed E-state index contributed by atoms with van der Waals surface area (Å²) in [4.78, 5) is 0. The number of hydrogen-bond acceptors (Lipinski definition) is 2. The van der Waals surface area contributed by atoms with Gasteiger partial charge in [0.1, 0.15) is 0 Å². The Balaban J connectivity index is 1.75. The molecular formula is C11H20OS. The monoisotopic (exact) mass is 200 g/mol. The molecule has 2 aliphatic rings. The van der Waals surface area contributed by atoms with Gasteiger partial charge in [-0.05, 0) is 32.1 Å². The van der Waals surface area contributed by atoms with E-state index in [1.807, 2.05) is 0 Å². The van der Waals surface area contributed by atoms with Gasteiger partial charge in [-0.2, -0.15) is 11.8 Å².